The smallest absolute Gasteiger partial charge is 0.276 e. The lowest BCUT2D eigenvalue weighted by atomic mass is 9.76. The van der Waals surface area contributed by atoms with Crippen molar-refractivity contribution in [3.8, 4) is 5.75 Å². The number of carbonyl (C=O) groups is 2. The summed E-state index contributed by atoms with van der Waals surface area (Å²) in [6, 6.07) is 2.87. The number of pyridine rings is 1. The summed E-state index contributed by atoms with van der Waals surface area (Å²) in [5.41, 5.74) is 4.67. The van der Waals surface area contributed by atoms with Crippen LogP contribution in [0.3, 0.4) is 0 Å². The van der Waals surface area contributed by atoms with Gasteiger partial charge in [0.1, 0.15) is 17.2 Å². The van der Waals surface area contributed by atoms with E-state index in [0.29, 0.717) is 12.0 Å². The molecule has 1 fully saturated rings. The Balaban J connectivity index is 1.60. The van der Waals surface area contributed by atoms with Crippen molar-refractivity contribution in [3.05, 3.63) is 63.1 Å². The first-order valence-electron chi connectivity index (χ1n) is 10.5. The molecule has 1 aliphatic heterocycles. The van der Waals surface area contributed by atoms with Gasteiger partial charge in [0, 0.05) is 30.4 Å². The molecule has 1 aliphatic carbocycles. The first-order chi connectivity index (χ1) is 15.2. The summed E-state index contributed by atoms with van der Waals surface area (Å²) in [7, 11) is 0. The van der Waals surface area contributed by atoms with Crippen LogP contribution in [0.15, 0.2) is 29.2 Å². The Bertz CT molecular complexity index is 1150. The standard InChI is InChI=1S/C22H24F2N4O4/c1-2-11-4-6-16(11)28-17(25)10-27-9-14(19(29)20(30)18(27)22(28)32)21(31)26-8-12-3-5-13(23)7-15(12)24/h3,5,7,9,11,16-17,30H,2,4,6,8,10,25H2,1H3,(H,26,31)/t11?,16-,17?/m0/s1. The largest absolute Gasteiger partial charge is 0.503 e. The highest BCUT2D eigenvalue weighted by Crippen LogP contribution is 2.37. The molecule has 8 nitrogen and oxygen atoms in total. The number of amides is 2. The number of nitrogens with one attached hydrogen (secondary N) is 1. The van der Waals surface area contributed by atoms with Crippen LogP contribution in [-0.4, -0.2) is 38.6 Å². The lowest BCUT2D eigenvalue weighted by Crippen LogP contribution is -2.61. The van der Waals surface area contributed by atoms with E-state index in [0.717, 1.165) is 25.3 Å². The molecule has 1 aromatic carbocycles. The van der Waals surface area contributed by atoms with Crippen LogP contribution in [0.1, 0.15) is 52.6 Å². The van der Waals surface area contributed by atoms with Gasteiger partial charge in [0.15, 0.2) is 11.4 Å². The fraction of sp³-hybridized carbons (Fsp3) is 0.409. The third-order valence-electron chi connectivity index (χ3n) is 6.39. The van der Waals surface area contributed by atoms with Crippen molar-refractivity contribution in [1.82, 2.24) is 14.8 Å². The Morgan fingerprint density at radius 3 is 2.66 bits per heavy atom. The average molecular weight is 446 g/mol. The van der Waals surface area contributed by atoms with Crippen molar-refractivity contribution in [2.75, 3.05) is 0 Å². The van der Waals surface area contributed by atoms with E-state index in [2.05, 4.69) is 5.32 Å². The van der Waals surface area contributed by atoms with Crippen molar-refractivity contribution in [3.63, 3.8) is 0 Å². The number of nitrogens with two attached hydrogens (primary N) is 1. The van der Waals surface area contributed by atoms with Crippen LogP contribution >= 0.6 is 0 Å². The molecule has 10 heteroatoms. The average Bonchev–Trinajstić information content (AvgIpc) is 2.72. The van der Waals surface area contributed by atoms with E-state index in [4.69, 9.17) is 5.73 Å². The van der Waals surface area contributed by atoms with Crippen LogP contribution in [0.2, 0.25) is 0 Å². The number of carbonyl (C=O) groups excluding carboxylic acids is 2. The van der Waals surface area contributed by atoms with Crippen LogP contribution in [0.5, 0.6) is 5.75 Å². The first-order valence-corrected chi connectivity index (χ1v) is 10.5. The van der Waals surface area contributed by atoms with Gasteiger partial charge in [0.25, 0.3) is 11.8 Å². The topological polar surface area (TPSA) is 118 Å². The number of halogens is 2. The molecule has 0 saturated heterocycles. The van der Waals surface area contributed by atoms with Gasteiger partial charge in [-0.15, -0.1) is 0 Å². The molecule has 1 saturated carbocycles. The molecule has 2 aliphatic rings. The van der Waals surface area contributed by atoms with Crippen LogP contribution in [0.25, 0.3) is 0 Å². The molecule has 3 atom stereocenters. The van der Waals surface area contributed by atoms with E-state index < -0.39 is 46.4 Å². The summed E-state index contributed by atoms with van der Waals surface area (Å²) in [5, 5.41) is 12.9. The molecule has 0 spiro atoms. The lowest BCUT2D eigenvalue weighted by molar-refractivity contribution is 0.0104. The number of rotatable bonds is 5. The molecule has 1 aromatic heterocycles. The van der Waals surface area contributed by atoms with E-state index in [1.54, 1.807) is 0 Å². The van der Waals surface area contributed by atoms with E-state index >= 15 is 0 Å². The lowest BCUT2D eigenvalue weighted by Gasteiger charge is -2.48. The summed E-state index contributed by atoms with van der Waals surface area (Å²) in [6.07, 6.45) is 3.21. The van der Waals surface area contributed by atoms with E-state index in [9.17, 15) is 28.3 Å². The van der Waals surface area contributed by atoms with Gasteiger partial charge in [-0.1, -0.05) is 19.4 Å². The van der Waals surface area contributed by atoms with Gasteiger partial charge in [-0.25, -0.2) is 8.78 Å². The van der Waals surface area contributed by atoms with Crippen molar-refractivity contribution in [2.45, 2.75) is 51.5 Å². The Hall–Kier alpha value is -3.27. The Morgan fingerprint density at radius 2 is 2.03 bits per heavy atom. The van der Waals surface area contributed by atoms with Gasteiger partial charge in [-0.3, -0.25) is 14.4 Å². The number of hydrogen-bond donors (Lipinski definition) is 3. The van der Waals surface area contributed by atoms with Crippen LogP contribution in [-0.2, 0) is 13.1 Å². The Labute approximate surface area is 182 Å². The SMILES string of the molecule is CCC1CC[C@@H]1N1C(=O)c2c(O)c(=O)c(C(=O)NCc3ccc(F)cc3F)cn2CC1N. The zero-order valence-electron chi connectivity index (χ0n) is 17.5. The highest BCUT2D eigenvalue weighted by molar-refractivity contribution is 5.99. The predicted octanol–water partition coefficient (Wildman–Crippen LogP) is 1.69. The highest BCUT2D eigenvalue weighted by atomic mass is 19.1. The third-order valence-corrected chi connectivity index (χ3v) is 6.39. The second-order valence-electron chi connectivity index (χ2n) is 8.23. The molecular formula is C22H24F2N4O4. The molecule has 2 unspecified atom stereocenters. The number of nitrogens with zero attached hydrogens (tertiary/aromatic N) is 2. The molecule has 4 rings (SSSR count). The maximum atomic E-state index is 13.8. The van der Waals surface area contributed by atoms with Gasteiger partial charge in [0.05, 0.1) is 12.7 Å². The minimum Gasteiger partial charge on any atom is -0.503 e. The Kier molecular flexibility index (Phi) is 5.72. The first kappa shape index (κ1) is 21.9. The van der Waals surface area contributed by atoms with E-state index in [1.165, 1.54) is 21.7 Å². The molecule has 2 aromatic rings. The van der Waals surface area contributed by atoms with Gasteiger partial charge in [0.2, 0.25) is 5.43 Å². The monoisotopic (exact) mass is 446 g/mol. The fourth-order valence-corrected chi connectivity index (χ4v) is 4.47. The molecule has 0 radical (unpaired) electrons. The summed E-state index contributed by atoms with van der Waals surface area (Å²) in [5.74, 6) is -3.49. The normalized spacial score (nSPS) is 22.3. The zero-order valence-corrected chi connectivity index (χ0v) is 17.5. The maximum absolute atomic E-state index is 13.8. The van der Waals surface area contributed by atoms with Gasteiger partial charge in [-0.2, -0.15) is 0 Å². The highest BCUT2D eigenvalue weighted by Gasteiger charge is 2.44. The van der Waals surface area contributed by atoms with Gasteiger partial charge >= 0.3 is 0 Å². The van der Waals surface area contributed by atoms with Gasteiger partial charge in [-0.05, 0) is 24.8 Å². The molecule has 0 bridgehead atoms. The number of aromatic nitrogens is 1. The second-order valence-corrected chi connectivity index (χ2v) is 8.23. The molecule has 2 amide bonds. The van der Waals surface area contributed by atoms with Crippen LogP contribution in [0, 0.1) is 17.6 Å². The summed E-state index contributed by atoms with van der Waals surface area (Å²) in [4.78, 5) is 39.9. The predicted molar refractivity (Wildman–Crippen MR) is 111 cm³/mol. The molecule has 2 heterocycles. The maximum Gasteiger partial charge on any atom is 0.276 e. The minimum atomic E-state index is -1.00. The number of fused-ring (bicyclic) bond motifs is 1. The van der Waals surface area contributed by atoms with Crippen molar-refractivity contribution < 1.29 is 23.5 Å². The van der Waals surface area contributed by atoms with Crippen LogP contribution in [0.4, 0.5) is 8.78 Å². The van der Waals surface area contributed by atoms with E-state index in [-0.39, 0.29) is 30.4 Å². The number of benzene rings is 1. The zero-order chi connectivity index (χ0) is 23.2. The minimum absolute atomic E-state index is 0.0286. The number of aromatic hydroxyl groups is 1. The second kappa shape index (κ2) is 8.34. The molecule has 170 valence electrons. The summed E-state index contributed by atoms with van der Waals surface area (Å²) in [6.45, 7) is 1.85. The fourth-order valence-electron chi connectivity index (χ4n) is 4.47. The molecule has 32 heavy (non-hydrogen) atoms. The van der Waals surface area contributed by atoms with Crippen molar-refractivity contribution in [2.24, 2.45) is 11.7 Å². The van der Waals surface area contributed by atoms with Crippen molar-refractivity contribution >= 4 is 11.8 Å². The Morgan fingerprint density at radius 1 is 1.28 bits per heavy atom. The van der Waals surface area contributed by atoms with E-state index in [1.807, 2.05) is 6.92 Å². The van der Waals surface area contributed by atoms with Gasteiger partial charge < -0.3 is 25.6 Å². The molecule has 4 N–H and O–H groups in total. The van der Waals surface area contributed by atoms with Crippen LogP contribution < -0.4 is 16.5 Å². The van der Waals surface area contributed by atoms with Crippen molar-refractivity contribution in [1.29, 1.82) is 0 Å². The number of hydrogen-bond acceptors (Lipinski definition) is 5. The summed E-state index contributed by atoms with van der Waals surface area (Å²) >= 11 is 0. The third kappa shape index (κ3) is 3.64. The quantitative estimate of drug-likeness (QED) is 0.646. The molecular weight excluding hydrogens is 422 g/mol. The summed E-state index contributed by atoms with van der Waals surface area (Å²) < 4.78 is 28.1.